The molecule has 1 heterocycles. The zero-order chi connectivity index (χ0) is 11.4. The Morgan fingerprint density at radius 1 is 1.12 bits per heavy atom. The van der Waals surface area contributed by atoms with Crippen LogP contribution in [0.1, 0.15) is 17.0 Å². The first kappa shape index (κ1) is 11.0. The van der Waals surface area contributed by atoms with Gasteiger partial charge in [-0.3, -0.25) is 0 Å². The topological polar surface area (TPSA) is 25.8 Å². The molecule has 0 fully saturated rings. The van der Waals surface area contributed by atoms with Crippen LogP contribution in [0.2, 0.25) is 0 Å². The van der Waals surface area contributed by atoms with E-state index < -0.39 is 0 Å². The van der Waals surface area contributed by atoms with E-state index in [1.165, 1.54) is 12.1 Å². The first-order valence-corrected chi connectivity index (χ1v) is 5.41. The Labute approximate surface area is 98.1 Å². The minimum absolute atomic E-state index is 0.241. The number of halogens is 2. The van der Waals surface area contributed by atoms with Crippen LogP contribution >= 0.6 is 11.6 Å². The van der Waals surface area contributed by atoms with Crippen molar-refractivity contribution in [2.75, 3.05) is 0 Å². The van der Waals surface area contributed by atoms with Crippen LogP contribution in [0.3, 0.4) is 0 Å². The monoisotopic (exact) mass is 236 g/mol. The van der Waals surface area contributed by atoms with Crippen LogP contribution in [-0.2, 0) is 12.3 Å². The second kappa shape index (κ2) is 5.03. The van der Waals surface area contributed by atoms with Crippen molar-refractivity contribution in [3.63, 3.8) is 0 Å². The van der Waals surface area contributed by atoms with E-state index in [0.717, 1.165) is 11.1 Å². The Balaban J connectivity index is 2.14. The number of rotatable bonds is 3. The van der Waals surface area contributed by atoms with Crippen molar-refractivity contribution in [1.82, 2.24) is 9.97 Å². The summed E-state index contributed by atoms with van der Waals surface area (Å²) < 4.78 is 12.9. The van der Waals surface area contributed by atoms with Crippen LogP contribution in [0.5, 0.6) is 0 Å². The Hall–Kier alpha value is -1.48. The lowest BCUT2D eigenvalue weighted by Crippen LogP contribution is -1.97. The normalized spacial score (nSPS) is 10.4. The van der Waals surface area contributed by atoms with E-state index >= 15 is 0 Å². The molecule has 16 heavy (non-hydrogen) atoms. The minimum atomic E-state index is -0.241. The molecule has 1 aromatic heterocycles. The van der Waals surface area contributed by atoms with Crippen LogP contribution < -0.4 is 0 Å². The Morgan fingerprint density at radius 2 is 1.88 bits per heavy atom. The predicted molar refractivity (Wildman–Crippen MR) is 60.8 cm³/mol. The van der Waals surface area contributed by atoms with Gasteiger partial charge in [-0.2, -0.15) is 0 Å². The highest BCUT2D eigenvalue weighted by Crippen LogP contribution is 2.08. The smallest absolute Gasteiger partial charge is 0.132 e. The lowest BCUT2D eigenvalue weighted by molar-refractivity contribution is 0.625. The van der Waals surface area contributed by atoms with Gasteiger partial charge in [-0.25, -0.2) is 14.4 Å². The van der Waals surface area contributed by atoms with E-state index in [9.17, 15) is 4.39 Å². The highest BCUT2D eigenvalue weighted by atomic mass is 35.5. The summed E-state index contributed by atoms with van der Waals surface area (Å²) in [6, 6.07) is 6.43. The van der Waals surface area contributed by atoms with Gasteiger partial charge in [-0.05, 0) is 17.7 Å². The summed E-state index contributed by atoms with van der Waals surface area (Å²) in [5.41, 5.74) is 1.74. The second-order valence-corrected chi connectivity index (χ2v) is 3.72. The third kappa shape index (κ3) is 2.76. The number of aromatic nitrogens is 2. The van der Waals surface area contributed by atoms with Crippen LogP contribution in [-0.4, -0.2) is 9.97 Å². The average molecular weight is 237 g/mol. The summed E-state index contributed by atoms with van der Waals surface area (Å²) >= 11 is 5.63. The van der Waals surface area contributed by atoms with Crippen molar-refractivity contribution < 1.29 is 4.39 Å². The van der Waals surface area contributed by atoms with E-state index in [1.807, 2.05) is 6.07 Å². The van der Waals surface area contributed by atoms with E-state index in [1.54, 1.807) is 18.5 Å². The molecule has 0 spiro atoms. The summed E-state index contributed by atoms with van der Waals surface area (Å²) in [7, 11) is 0. The molecule has 2 rings (SSSR count). The molecule has 1 aromatic carbocycles. The van der Waals surface area contributed by atoms with Crippen molar-refractivity contribution in [1.29, 1.82) is 0 Å². The SMILES string of the molecule is Fc1cccc(Cc2ncc(CCl)cn2)c1. The first-order valence-electron chi connectivity index (χ1n) is 4.88. The van der Waals surface area contributed by atoms with E-state index in [-0.39, 0.29) is 5.82 Å². The minimum Gasteiger partial charge on any atom is -0.241 e. The summed E-state index contributed by atoms with van der Waals surface area (Å²) in [5, 5.41) is 0. The molecule has 0 aliphatic rings. The molecule has 0 radical (unpaired) electrons. The highest BCUT2D eigenvalue weighted by molar-refractivity contribution is 6.17. The number of hydrogen-bond acceptors (Lipinski definition) is 2. The molecule has 0 N–H and O–H groups in total. The standard InChI is InChI=1S/C12H10ClFN2/c13-6-10-7-15-12(16-8-10)5-9-2-1-3-11(14)4-9/h1-4,7-8H,5-6H2. The Kier molecular flexibility index (Phi) is 3.47. The van der Waals surface area contributed by atoms with Gasteiger partial charge < -0.3 is 0 Å². The van der Waals surface area contributed by atoms with Gasteiger partial charge in [0.1, 0.15) is 11.6 Å². The van der Waals surface area contributed by atoms with Gasteiger partial charge in [0.25, 0.3) is 0 Å². The van der Waals surface area contributed by atoms with E-state index in [4.69, 9.17) is 11.6 Å². The van der Waals surface area contributed by atoms with Crippen molar-refractivity contribution >= 4 is 11.6 Å². The molecule has 82 valence electrons. The molecular formula is C12H10ClFN2. The maximum absolute atomic E-state index is 12.9. The van der Waals surface area contributed by atoms with Gasteiger partial charge in [0.2, 0.25) is 0 Å². The van der Waals surface area contributed by atoms with Gasteiger partial charge in [0.15, 0.2) is 0 Å². The van der Waals surface area contributed by atoms with Crippen LogP contribution in [0.15, 0.2) is 36.7 Å². The summed E-state index contributed by atoms with van der Waals surface area (Å²) in [6.45, 7) is 0. The third-order valence-electron chi connectivity index (χ3n) is 2.16. The molecule has 0 aliphatic carbocycles. The van der Waals surface area contributed by atoms with Crippen LogP contribution in [0, 0.1) is 5.82 Å². The van der Waals surface area contributed by atoms with Gasteiger partial charge in [-0.15, -0.1) is 11.6 Å². The average Bonchev–Trinajstić information content (AvgIpc) is 2.30. The van der Waals surface area contributed by atoms with Crippen molar-refractivity contribution in [3.05, 3.63) is 59.4 Å². The molecular weight excluding hydrogens is 227 g/mol. The largest absolute Gasteiger partial charge is 0.241 e. The lowest BCUT2D eigenvalue weighted by atomic mass is 10.1. The van der Waals surface area contributed by atoms with Gasteiger partial charge >= 0.3 is 0 Å². The first-order chi connectivity index (χ1) is 7.78. The summed E-state index contributed by atoms with van der Waals surface area (Å²) in [5.74, 6) is 0.828. The van der Waals surface area contributed by atoms with E-state index in [0.29, 0.717) is 18.1 Å². The number of benzene rings is 1. The molecule has 0 saturated carbocycles. The summed E-state index contributed by atoms with van der Waals surface area (Å²) in [4.78, 5) is 8.31. The number of nitrogens with zero attached hydrogens (tertiary/aromatic N) is 2. The fourth-order valence-electron chi connectivity index (χ4n) is 1.37. The molecule has 0 unspecified atom stereocenters. The van der Waals surface area contributed by atoms with Gasteiger partial charge in [0.05, 0.1) is 5.88 Å². The Bertz CT molecular complexity index is 471. The molecule has 4 heteroatoms. The summed E-state index contributed by atoms with van der Waals surface area (Å²) in [6.07, 6.45) is 3.91. The fraction of sp³-hybridized carbons (Fsp3) is 0.167. The molecule has 0 atom stereocenters. The molecule has 2 aromatic rings. The highest BCUT2D eigenvalue weighted by Gasteiger charge is 2.00. The maximum atomic E-state index is 12.9. The zero-order valence-corrected chi connectivity index (χ0v) is 9.28. The molecule has 0 amide bonds. The fourth-order valence-corrected chi connectivity index (χ4v) is 1.51. The number of hydrogen-bond donors (Lipinski definition) is 0. The van der Waals surface area contributed by atoms with E-state index in [2.05, 4.69) is 9.97 Å². The maximum Gasteiger partial charge on any atom is 0.132 e. The quantitative estimate of drug-likeness (QED) is 0.766. The van der Waals surface area contributed by atoms with Crippen LogP contribution in [0.25, 0.3) is 0 Å². The number of alkyl halides is 1. The van der Waals surface area contributed by atoms with Crippen molar-refractivity contribution in [3.8, 4) is 0 Å². The zero-order valence-electron chi connectivity index (χ0n) is 8.53. The molecule has 0 aliphatic heterocycles. The molecule has 0 bridgehead atoms. The third-order valence-corrected chi connectivity index (χ3v) is 2.47. The Morgan fingerprint density at radius 3 is 2.50 bits per heavy atom. The van der Waals surface area contributed by atoms with Gasteiger partial charge in [-0.1, -0.05) is 12.1 Å². The van der Waals surface area contributed by atoms with Crippen molar-refractivity contribution in [2.24, 2.45) is 0 Å². The van der Waals surface area contributed by atoms with Crippen LogP contribution in [0.4, 0.5) is 4.39 Å². The lowest BCUT2D eigenvalue weighted by Gasteiger charge is -2.01. The molecule has 2 nitrogen and oxygen atoms in total. The molecule has 0 saturated heterocycles. The predicted octanol–water partition coefficient (Wildman–Crippen LogP) is 2.95. The second-order valence-electron chi connectivity index (χ2n) is 3.45. The van der Waals surface area contributed by atoms with Crippen molar-refractivity contribution in [2.45, 2.75) is 12.3 Å². The van der Waals surface area contributed by atoms with Gasteiger partial charge in [0, 0.05) is 24.4 Å².